The Balaban J connectivity index is 0.000000149. The first-order valence-corrected chi connectivity index (χ1v) is 23.3. The fourth-order valence-electron chi connectivity index (χ4n) is 8.47. The van der Waals surface area contributed by atoms with Crippen molar-refractivity contribution in [1.29, 1.82) is 5.26 Å². The summed E-state index contributed by atoms with van der Waals surface area (Å²) in [4.78, 5) is 36.6. The van der Waals surface area contributed by atoms with E-state index in [9.17, 15) is 14.4 Å². The summed E-state index contributed by atoms with van der Waals surface area (Å²) >= 11 is 0. The number of carbonyl (C=O) groups is 3. The molecule has 3 saturated heterocycles. The van der Waals surface area contributed by atoms with Gasteiger partial charge in [0.05, 0.1) is 11.6 Å². The second-order valence-corrected chi connectivity index (χ2v) is 17.2. The number of nitriles is 1. The molecule has 0 radical (unpaired) electrons. The largest absolute Gasteiger partial charge is 0.322 e. The first-order valence-electron chi connectivity index (χ1n) is 23.3. The molecule has 10 heteroatoms. The van der Waals surface area contributed by atoms with Crippen molar-refractivity contribution in [3.05, 3.63) is 196 Å². The number of amides is 3. The molecule has 3 aliphatic heterocycles. The summed E-state index contributed by atoms with van der Waals surface area (Å²) in [5.74, 6) is 3.95. The van der Waals surface area contributed by atoms with E-state index in [1.165, 1.54) is 35.1 Å². The molecule has 0 aliphatic carbocycles. The van der Waals surface area contributed by atoms with Crippen LogP contribution in [-0.2, 0) is 6.42 Å². The highest BCUT2D eigenvalue weighted by Crippen LogP contribution is 2.26. The van der Waals surface area contributed by atoms with Gasteiger partial charge >= 0.3 is 0 Å². The normalized spacial score (nSPS) is 17.0. The summed E-state index contributed by atoms with van der Waals surface area (Å²) in [6.07, 6.45) is 11.0. The van der Waals surface area contributed by atoms with Crippen molar-refractivity contribution < 1.29 is 14.4 Å². The van der Waals surface area contributed by atoms with Crippen LogP contribution in [0.25, 0.3) is 0 Å². The zero-order chi connectivity index (χ0) is 46.8. The Morgan fingerprint density at radius 3 is 1.12 bits per heavy atom. The minimum Gasteiger partial charge on any atom is -0.322 e. The van der Waals surface area contributed by atoms with E-state index >= 15 is 0 Å². The van der Waals surface area contributed by atoms with E-state index < -0.39 is 0 Å². The number of rotatable bonds is 11. The van der Waals surface area contributed by atoms with Crippen molar-refractivity contribution >= 4 is 34.8 Å². The van der Waals surface area contributed by atoms with Crippen molar-refractivity contribution in [1.82, 2.24) is 16.0 Å². The van der Waals surface area contributed by atoms with E-state index in [2.05, 4.69) is 81.1 Å². The highest BCUT2D eigenvalue weighted by molar-refractivity contribution is 6.05. The van der Waals surface area contributed by atoms with Crippen LogP contribution in [0.1, 0.15) is 115 Å². The number of benzene rings is 6. The van der Waals surface area contributed by atoms with Gasteiger partial charge in [0.2, 0.25) is 0 Å². The minimum atomic E-state index is -0.167. The number of hydrogen-bond donors (Lipinski definition) is 6. The summed E-state index contributed by atoms with van der Waals surface area (Å²) in [6.45, 7) is 8.52. The van der Waals surface area contributed by atoms with E-state index in [0.29, 0.717) is 40.0 Å². The van der Waals surface area contributed by atoms with Gasteiger partial charge in [-0.25, -0.2) is 0 Å². The second kappa shape index (κ2) is 24.3. The Labute approximate surface area is 395 Å². The molecular formula is C57H59N7O3. The molecule has 3 aliphatic rings. The van der Waals surface area contributed by atoms with E-state index in [-0.39, 0.29) is 17.7 Å². The number of nitrogens with one attached hydrogen (secondary N) is 6. The average Bonchev–Trinajstić information content (AvgIpc) is 4.22. The summed E-state index contributed by atoms with van der Waals surface area (Å²) in [5.41, 5.74) is 10.8. The standard InChI is InChI=1S/C20H24N2O.C19H18N2O.C18H17N3O/c1-2-3-15-4-6-17(7-5-15)20(23)22-19-10-8-16(9-11-19)18-12-13-21-14-18;1-2-14-3-5-16(6-4-14)19(22)21-18-9-7-15(8-10-18)17-11-12-20-13-17;19-11-13-1-3-15(4-2-13)18(22)21-17-7-5-14(6-8-17)16-9-10-20-12-16/h4-11,18,21H,2-3,12-14H2,1H3,(H,22,23);1,3-10,17,20H,11-13H2,(H,21,22);1-8,16,20H,9-10,12H2,(H,21,22). The zero-order valence-electron chi connectivity index (χ0n) is 38.1. The van der Waals surface area contributed by atoms with Gasteiger partial charge in [-0.2, -0.15) is 5.26 Å². The van der Waals surface area contributed by atoms with Gasteiger partial charge < -0.3 is 31.9 Å². The van der Waals surface area contributed by atoms with Crippen LogP contribution < -0.4 is 31.9 Å². The Morgan fingerprint density at radius 2 is 0.836 bits per heavy atom. The van der Waals surface area contributed by atoms with Crippen LogP contribution in [0.15, 0.2) is 146 Å². The molecule has 0 spiro atoms. The van der Waals surface area contributed by atoms with E-state index in [1.54, 1.807) is 48.5 Å². The SMILES string of the molecule is C#Cc1ccc(C(=O)Nc2ccc(C3CCNC3)cc2)cc1.CCCc1ccc(C(=O)Nc2ccc(C3CCNC3)cc2)cc1.N#Cc1ccc(C(=O)Nc2ccc(C3CCNC3)cc2)cc1. The summed E-state index contributed by atoms with van der Waals surface area (Å²) in [5, 5.41) is 27.6. The van der Waals surface area contributed by atoms with Crippen molar-refractivity contribution in [2.24, 2.45) is 0 Å². The van der Waals surface area contributed by atoms with Crippen molar-refractivity contribution in [2.75, 3.05) is 55.2 Å². The average molecular weight is 890 g/mol. The van der Waals surface area contributed by atoms with Crippen LogP contribution >= 0.6 is 0 Å². The highest BCUT2D eigenvalue weighted by atomic mass is 16.2. The van der Waals surface area contributed by atoms with Crippen molar-refractivity contribution in [3.8, 4) is 18.4 Å². The third-order valence-corrected chi connectivity index (χ3v) is 12.4. The van der Waals surface area contributed by atoms with E-state index in [4.69, 9.17) is 11.7 Å². The lowest BCUT2D eigenvalue weighted by atomic mass is 9.98. The lowest BCUT2D eigenvalue weighted by Crippen LogP contribution is -2.12. The predicted molar refractivity (Wildman–Crippen MR) is 270 cm³/mol. The van der Waals surface area contributed by atoms with Gasteiger partial charge in [-0.3, -0.25) is 14.4 Å². The molecule has 3 heterocycles. The third kappa shape index (κ3) is 13.8. The van der Waals surface area contributed by atoms with Gasteiger partial charge in [0.1, 0.15) is 0 Å². The number of anilines is 3. The molecule has 340 valence electrons. The number of terminal acetylenes is 1. The molecule has 0 saturated carbocycles. The molecule has 3 unspecified atom stereocenters. The monoisotopic (exact) mass is 889 g/mol. The van der Waals surface area contributed by atoms with Crippen LogP contribution in [0.2, 0.25) is 0 Å². The lowest BCUT2D eigenvalue weighted by Gasteiger charge is -2.10. The molecule has 3 amide bonds. The minimum absolute atomic E-state index is 0.0525. The summed E-state index contributed by atoms with van der Waals surface area (Å²) < 4.78 is 0. The van der Waals surface area contributed by atoms with E-state index in [1.807, 2.05) is 66.7 Å². The zero-order valence-corrected chi connectivity index (χ0v) is 38.1. The Hall–Kier alpha value is -7.34. The maximum atomic E-state index is 12.3. The third-order valence-electron chi connectivity index (χ3n) is 12.4. The molecule has 3 atom stereocenters. The molecule has 67 heavy (non-hydrogen) atoms. The van der Waals surface area contributed by atoms with Gasteiger partial charge in [0.15, 0.2) is 0 Å². The van der Waals surface area contributed by atoms with Crippen molar-refractivity contribution in [2.45, 2.75) is 56.8 Å². The summed E-state index contributed by atoms with van der Waals surface area (Å²) in [6, 6.07) is 47.9. The topological polar surface area (TPSA) is 147 Å². The molecular weight excluding hydrogens is 831 g/mol. The first-order chi connectivity index (χ1) is 32.8. The number of hydrogen-bond acceptors (Lipinski definition) is 7. The maximum Gasteiger partial charge on any atom is 0.255 e. The molecule has 0 aromatic heterocycles. The number of nitrogens with zero attached hydrogens (tertiary/aromatic N) is 1. The Bertz CT molecular complexity index is 2490. The van der Waals surface area contributed by atoms with Gasteiger partial charge in [-0.15, -0.1) is 6.42 Å². The molecule has 0 bridgehead atoms. The van der Waals surface area contributed by atoms with Crippen LogP contribution in [-0.4, -0.2) is 57.0 Å². The Kier molecular flexibility index (Phi) is 17.2. The van der Waals surface area contributed by atoms with Crippen LogP contribution in [0.5, 0.6) is 0 Å². The number of carbonyl (C=O) groups excluding carboxylic acids is 3. The molecule has 10 nitrogen and oxygen atoms in total. The predicted octanol–water partition coefficient (Wildman–Crippen LogP) is 9.85. The van der Waals surface area contributed by atoms with E-state index in [0.717, 1.165) is 81.2 Å². The van der Waals surface area contributed by atoms with Crippen LogP contribution in [0.4, 0.5) is 17.1 Å². The molecule has 3 fully saturated rings. The van der Waals surface area contributed by atoms with Gasteiger partial charge in [-0.1, -0.05) is 67.8 Å². The van der Waals surface area contributed by atoms with Crippen molar-refractivity contribution in [3.63, 3.8) is 0 Å². The van der Waals surface area contributed by atoms with Crippen LogP contribution in [0, 0.1) is 23.7 Å². The van der Waals surface area contributed by atoms with Gasteiger partial charge in [0.25, 0.3) is 17.7 Å². The first kappa shape index (κ1) is 47.6. The highest BCUT2D eigenvalue weighted by Gasteiger charge is 2.19. The fraction of sp³-hybridized carbons (Fsp3) is 0.263. The van der Waals surface area contributed by atoms with Crippen LogP contribution in [0.3, 0.4) is 0 Å². The molecule has 6 aromatic rings. The molecule has 9 rings (SSSR count). The molecule has 6 N–H and O–H groups in total. The van der Waals surface area contributed by atoms with Gasteiger partial charge in [-0.05, 0) is 182 Å². The second-order valence-electron chi connectivity index (χ2n) is 17.2. The Morgan fingerprint density at radius 1 is 0.507 bits per heavy atom. The maximum absolute atomic E-state index is 12.3. The smallest absolute Gasteiger partial charge is 0.255 e. The number of aryl methyl sites for hydroxylation is 1. The fourth-order valence-corrected chi connectivity index (χ4v) is 8.47. The lowest BCUT2D eigenvalue weighted by molar-refractivity contribution is 0.101. The molecule has 6 aromatic carbocycles. The quantitative estimate of drug-likeness (QED) is 0.0710. The van der Waals surface area contributed by atoms with Gasteiger partial charge in [0, 0.05) is 59.0 Å². The summed E-state index contributed by atoms with van der Waals surface area (Å²) in [7, 11) is 0.